The average molecular weight is 450 g/mol. The summed E-state index contributed by atoms with van der Waals surface area (Å²) >= 11 is 0. The highest BCUT2D eigenvalue weighted by Crippen LogP contribution is 2.40. The second kappa shape index (κ2) is 8.18. The zero-order chi connectivity index (χ0) is 22.3. The summed E-state index contributed by atoms with van der Waals surface area (Å²) in [5, 5.41) is 8.01. The number of nitrogens with one attached hydrogen (secondary N) is 1. The van der Waals surface area contributed by atoms with Crippen molar-refractivity contribution >= 4 is 17.5 Å². The lowest BCUT2D eigenvalue weighted by Crippen LogP contribution is -2.48. The Labute approximate surface area is 182 Å². The lowest BCUT2D eigenvalue weighted by molar-refractivity contribution is -0.136. The second-order valence-electron chi connectivity index (χ2n) is 8.53. The summed E-state index contributed by atoms with van der Waals surface area (Å²) in [6, 6.07) is 3.69. The monoisotopic (exact) mass is 450 g/mol. The Morgan fingerprint density at radius 3 is 2.72 bits per heavy atom. The highest BCUT2D eigenvalue weighted by atomic mass is 19.4. The van der Waals surface area contributed by atoms with Gasteiger partial charge in [-0.15, -0.1) is 5.10 Å². The maximum Gasteiger partial charge on any atom is 0.389 e. The SMILES string of the molecule is Cc1ncc(N2C[C@H]3CC[C@@H](C2)C3Nc2nc3c(OCCCC(F)(F)F)cccn3n2)o1. The molecule has 1 saturated heterocycles. The smallest absolute Gasteiger partial charge is 0.389 e. The zero-order valence-electron chi connectivity index (χ0n) is 17.7. The van der Waals surface area contributed by atoms with Crippen LogP contribution in [0, 0.1) is 18.8 Å². The van der Waals surface area contributed by atoms with Gasteiger partial charge in [0.25, 0.3) is 0 Å². The highest BCUT2D eigenvalue weighted by molar-refractivity contribution is 5.56. The number of aryl methyl sites for hydroxylation is 1. The van der Waals surface area contributed by atoms with E-state index in [4.69, 9.17) is 9.15 Å². The topological polar surface area (TPSA) is 80.7 Å². The third-order valence-electron chi connectivity index (χ3n) is 6.24. The third kappa shape index (κ3) is 4.33. The normalized spacial score (nSPS) is 23.1. The standard InChI is InChI=1S/C21H25F3N6O2/c1-13-25-10-17(32-13)29-11-14-5-6-15(12-29)18(14)26-20-27-19-16(4-2-8-30(19)28-20)31-9-3-7-21(22,23)24/h2,4,8,10,14-15,18H,3,5-7,9,11-12H2,1H3,(H,26,28)/t14-,15+,18?. The Bertz CT molecular complexity index is 1070. The Morgan fingerprint density at radius 2 is 2.03 bits per heavy atom. The minimum atomic E-state index is -4.18. The molecule has 1 aliphatic heterocycles. The molecule has 5 rings (SSSR count). The van der Waals surface area contributed by atoms with Crippen molar-refractivity contribution in [2.75, 3.05) is 29.9 Å². The number of hydrogen-bond acceptors (Lipinski definition) is 7. The van der Waals surface area contributed by atoms with Crippen molar-refractivity contribution in [1.29, 1.82) is 0 Å². The number of ether oxygens (including phenoxy) is 1. The predicted octanol–water partition coefficient (Wildman–Crippen LogP) is 4.07. The molecule has 3 atom stereocenters. The molecule has 1 N–H and O–H groups in total. The molecule has 0 aromatic carbocycles. The number of pyridine rings is 1. The molecule has 1 saturated carbocycles. The number of hydrogen-bond donors (Lipinski definition) is 1. The van der Waals surface area contributed by atoms with E-state index in [1.54, 1.807) is 29.0 Å². The van der Waals surface area contributed by atoms with Crippen molar-refractivity contribution in [2.45, 2.75) is 44.8 Å². The maximum atomic E-state index is 12.3. The molecule has 0 amide bonds. The average Bonchev–Trinajstić information content (AvgIpc) is 3.41. The fourth-order valence-electron chi connectivity index (χ4n) is 4.79. The summed E-state index contributed by atoms with van der Waals surface area (Å²) in [7, 11) is 0. The lowest BCUT2D eigenvalue weighted by atomic mass is 9.92. The number of oxazole rings is 1. The largest absolute Gasteiger partial charge is 0.490 e. The van der Waals surface area contributed by atoms with E-state index in [0.717, 1.165) is 31.8 Å². The first-order chi connectivity index (χ1) is 15.4. The summed E-state index contributed by atoms with van der Waals surface area (Å²) in [6.45, 7) is 3.57. The molecular weight excluding hydrogens is 425 g/mol. The van der Waals surface area contributed by atoms with Crippen molar-refractivity contribution in [3.8, 4) is 5.75 Å². The van der Waals surface area contributed by atoms with Crippen LogP contribution in [0.15, 0.2) is 28.9 Å². The summed E-state index contributed by atoms with van der Waals surface area (Å²) in [4.78, 5) is 11.0. The lowest BCUT2D eigenvalue weighted by Gasteiger charge is -2.37. The molecule has 2 bridgehead atoms. The Hall–Kier alpha value is -2.98. The molecule has 0 radical (unpaired) electrons. The first-order valence-electron chi connectivity index (χ1n) is 10.8. The van der Waals surface area contributed by atoms with E-state index < -0.39 is 12.6 Å². The Kier molecular flexibility index (Phi) is 5.34. The summed E-state index contributed by atoms with van der Waals surface area (Å²) in [5.41, 5.74) is 0.490. The second-order valence-corrected chi connectivity index (χ2v) is 8.53. The van der Waals surface area contributed by atoms with Gasteiger partial charge in [0.2, 0.25) is 11.8 Å². The summed E-state index contributed by atoms with van der Waals surface area (Å²) < 4.78 is 49.9. The Morgan fingerprint density at radius 1 is 1.25 bits per heavy atom. The van der Waals surface area contributed by atoms with Crippen LogP contribution in [0.4, 0.5) is 25.0 Å². The molecule has 1 aliphatic carbocycles. The van der Waals surface area contributed by atoms with Gasteiger partial charge in [0.05, 0.1) is 12.8 Å². The summed E-state index contributed by atoms with van der Waals surface area (Å²) in [5.74, 6) is 3.28. The number of alkyl halides is 3. The van der Waals surface area contributed by atoms with Crippen molar-refractivity contribution in [2.24, 2.45) is 11.8 Å². The molecule has 172 valence electrons. The van der Waals surface area contributed by atoms with E-state index in [9.17, 15) is 13.2 Å². The first-order valence-corrected chi connectivity index (χ1v) is 10.8. The van der Waals surface area contributed by atoms with Gasteiger partial charge in [0, 0.05) is 38.7 Å². The number of piperidine rings is 1. The molecule has 11 heteroatoms. The van der Waals surface area contributed by atoms with E-state index in [1.807, 2.05) is 6.92 Å². The van der Waals surface area contributed by atoms with Crippen molar-refractivity contribution in [1.82, 2.24) is 19.6 Å². The maximum absolute atomic E-state index is 12.3. The van der Waals surface area contributed by atoms with Crippen LogP contribution in [0.25, 0.3) is 5.65 Å². The van der Waals surface area contributed by atoms with Crippen LogP contribution >= 0.6 is 0 Å². The quantitative estimate of drug-likeness (QED) is 0.544. The molecule has 0 spiro atoms. The predicted molar refractivity (Wildman–Crippen MR) is 111 cm³/mol. The van der Waals surface area contributed by atoms with Crippen LogP contribution in [0.1, 0.15) is 31.6 Å². The van der Waals surface area contributed by atoms with E-state index >= 15 is 0 Å². The minimum absolute atomic E-state index is 0.0292. The van der Waals surface area contributed by atoms with Gasteiger partial charge >= 0.3 is 6.18 Å². The zero-order valence-corrected chi connectivity index (χ0v) is 17.7. The van der Waals surface area contributed by atoms with Crippen molar-refractivity contribution < 1.29 is 22.3 Å². The van der Waals surface area contributed by atoms with Gasteiger partial charge in [-0.1, -0.05) is 0 Å². The van der Waals surface area contributed by atoms with Gasteiger partial charge in [0.15, 0.2) is 17.3 Å². The van der Waals surface area contributed by atoms with Crippen LogP contribution in [-0.2, 0) is 0 Å². The van der Waals surface area contributed by atoms with Gasteiger partial charge in [-0.2, -0.15) is 18.2 Å². The van der Waals surface area contributed by atoms with Crippen LogP contribution < -0.4 is 15.0 Å². The van der Waals surface area contributed by atoms with E-state index in [2.05, 4.69) is 25.3 Å². The van der Waals surface area contributed by atoms with Crippen molar-refractivity contribution in [3.63, 3.8) is 0 Å². The number of rotatable bonds is 7. The molecule has 8 nitrogen and oxygen atoms in total. The van der Waals surface area contributed by atoms with Gasteiger partial charge in [-0.25, -0.2) is 9.50 Å². The fourth-order valence-corrected chi connectivity index (χ4v) is 4.79. The van der Waals surface area contributed by atoms with Crippen LogP contribution in [-0.4, -0.2) is 51.5 Å². The van der Waals surface area contributed by atoms with Crippen LogP contribution in [0.2, 0.25) is 0 Å². The molecule has 4 heterocycles. The minimum Gasteiger partial charge on any atom is -0.490 e. The molecule has 32 heavy (non-hydrogen) atoms. The molecule has 1 unspecified atom stereocenters. The third-order valence-corrected chi connectivity index (χ3v) is 6.24. The fraction of sp³-hybridized carbons (Fsp3) is 0.571. The Balaban J connectivity index is 1.25. The molecule has 3 aromatic heterocycles. The molecule has 3 aromatic rings. The van der Waals surface area contributed by atoms with Crippen LogP contribution in [0.5, 0.6) is 5.75 Å². The number of aromatic nitrogens is 4. The molecule has 2 fully saturated rings. The van der Waals surface area contributed by atoms with Gasteiger partial charge < -0.3 is 19.4 Å². The van der Waals surface area contributed by atoms with Crippen LogP contribution in [0.3, 0.4) is 0 Å². The number of anilines is 2. The number of halogens is 3. The first kappa shape index (κ1) is 20.9. The van der Waals surface area contributed by atoms with E-state index in [1.165, 1.54) is 0 Å². The van der Waals surface area contributed by atoms with Crippen molar-refractivity contribution in [3.05, 3.63) is 30.4 Å². The number of nitrogens with zero attached hydrogens (tertiary/aromatic N) is 5. The van der Waals surface area contributed by atoms with Gasteiger partial charge in [-0.3, -0.25) is 0 Å². The van der Waals surface area contributed by atoms with Gasteiger partial charge in [0.1, 0.15) is 0 Å². The highest BCUT2D eigenvalue weighted by Gasteiger charge is 2.43. The molecule has 2 aliphatic rings. The van der Waals surface area contributed by atoms with E-state index in [0.29, 0.717) is 35.1 Å². The van der Waals surface area contributed by atoms with E-state index in [-0.39, 0.29) is 19.1 Å². The molecular formula is C21H25F3N6O2. The van der Waals surface area contributed by atoms with Gasteiger partial charge in [-0.05, 0) is 43.2 Å². The summed E-state index contributed by atoms with van der Waals surface area (Å²) in [6.07, 6.45) is 0.617. The number of fused-ring (bicyclic) bond motifs is 3.